The fraction of sp³-hybridized carbons (Fsp3) is 0.636. The summed E-state index contributed by atoms with van der Waals surface area (Å²) in [4.78, 5) is 22.7. The molecule has 1 amide bonds. The average molecular weight is 252 g/mol. The van der Waals surface area contributed by atoms with E-state index >= 15 is 0 Å². The number of carboxylic acids is 1. The van der Waals surface area contributed by atoms with E-state index in [1.165, 1.54) is 0 Å². The van der Waals surface area contributed by atoms with Crippen molar-refractivity contribution in [3.8, 4) is 0 Å². The second-order valence-electron chi connectivity index (χ2n) is 4.62. The van der Waals surface area contributed by atoms with Crippen LogP contribution in [0, 0.1) is 11.8 Å². The van der Waals surface area contributed by atoms with Gasteiger partial charge in [0.2, 0.25) is 5.91 Å². The summed E-state index contributed by atoms with van der Waals surface area (Å²) in [5, 5.41) is 19.2. The number of nitrogens with one attached hydrogen (secondary N) is 1. The molecule has 1 aliphatic carbocycles. The fourth-order valence-corrected chi connectivity index (χ4v) is 2.22. The van der Waals surface area contributed by atoms with E-state index in [1.807, 2.05) is 0 Å². The summed E-state index contributed by atoms with van der Waals surface area (Å²) in [7, 11) is 1.80. The lowest BCUT2D eigenvalue weighted by atomic mass is 10.0. The molecule has 2 atom stereocenters. The molecule has 7 heteroatoms. The molecular formula is C11H16N4O3. The number of rotatable bonds is 4. The maximum absolute atomic E-state index is 11.9. The van der Waals surface area contributed by atoms with Gasteiger partial charge in [0.25, 0.3) is 0 Å². The van der Waals surface area contributed by atoms with Crippen LogP contribution in [0.3, 0.4) is 0 Å². The van der Waals surface area contributed by atoms with Crippen LogP contribution in [0.25, 0.3) is 0 Å². The van der Waals surface area contributed by atoms with E-state index in [1.54, 1.807) is 17.9 Å². The zero-order valence-corrected chi connectivity index (χ0v) is 10.2. The van der Waals surface area contributed by atoms with E-state index < -0.39 is 5.97 Å². The number of carbonyl (C=O) groups is 2. The molecular weight excluding hydrogens is 236 g/mol. The van der Waals surface area contributed by atoms with Gasteiger partial charge < -0.3 is 15.0 Å². The second-order valence-corrected chi connectivity index (χ2v) is 4.62. The molecule has 0 aromatic carbocycles. The predicted octanol–water partition coefficient (Wildman–Crippen LogP) is -0.0678. The van der Waals surface area contributed by atoms with Gasteiger partial charge in [-0.2, -0.15) is 0 Å². The molecule has 0 spiro atoms. The highest BCUT2D eigenvalue weighted by Crippen LogP contribution is 2.31. The summed E-state index contributed by atoms with van der Waals surface area (Å²) in [6.45, 7) is 0.323. The molecule has 7 nitrogen and oxygen atoms in total. The Morgan fingerprint density at radius 2 is 2.22 bits per heavy atom. The van der Waals surface area contributed by atoms with Crippen LogP contribution < -0.4 is 5.32 Å². The highest BCUT2D eigenvalue weighted by Gasteiger charge is 2.33. The van der Waals surface area contributed by atoms with Crippen LogP contribution >= 0.6 is 0 Å². The van der Waals surface area contributed by atoms with Gasteiger partial charge in [-0.3, -0.25) is 9.59 Å². The molecule has 1 aromatic rings. The van der Waals surface area contributed by atoms with Crippen LogP contribution in [0.4, 0.5) is 0 Å². The largest absolute Gasteiger partial charge is 0.481 e. The summed E-state index contributed by atoms with van der Waals surface area (Å²) in [5.74, 6) is -0.800. The Labute approximate surface area is 104 Å². The topological polar surface area (TPSA) is 97.1 Å². The normalized spacial score (nSPS) is 22.9. The van der Waals surface area contributed by atoms with Gasteiger partial charge in [-0.1, -0.05) is 0 Å². The molecule has 1 aliphatic rings. The first-order chi connectivity index (χ1) is 8.58. The molecule has 1 saturated carbocycles. The highest BCUT2D eigenvalue weighted by atomic mass is 16.4. The van der Waals surface area contributed by atoms with Crippen molar-refractivity contribution in [2.24, 2.45) is 18.9 Å². The van der Waals surface area contributed by atoms with E-state index in [9.17, 15) is 9.59 Å². The van der Waals surface area contributed by atoms with Crippen molar-refractivity contribution in [2.45, 2.75) is 25.8 Å². The Morgan fingerprint density at radius 3 is 2.78 bits per heavy atom. The molecule has 2 N–H and O–H groups in total. The lowest BCUT2D eigenvalue weighted by Crippen LogP contribution is -2.30. The van der Waals surface area contributed by atoms with Gasteiger partial charge in [-0.25, -0.2) is 0 Å². The monoisotopic (exact) mass is 252 g/mol. The van der Waals surface area contributed by atoms with E-state index in [2.05, 4.69) is 15.5 Å². The van der Waals surface area contributed by atoms with Crippen LogP contribution in [-0.4, -0.2) is 31.7 Å². The van der Waals surface area contributed by atoms with Gasteiger partial charge >= 0.3 is 5.97 Å². The maximum atomic E-state index is 11.9. The van der Waals surface area contributed by atoms with Crippen LogP contribution in [0.15, 0.2) is 6.33 Å². The first-order valence-electron chi connectivity index (χ1n) is 5.91. The molecule has 2 unspecified atom stereocenters. The maximum Gasteiger partial charge on any atom is 0.306 e. The third kappa shape index (κ3) is 2.66. The molecule has 1 fully saturated rings. The smallest absolute Gasteiger partial charge is 0.306 e. The van der Waals surface area contributed by atoms with Crippen molar-refractivity contribution in [3.05, 3.63) is 12.2 Å². The number of nitrogens with zero attached hydrogens (tertiary/aromatic N) is 3. The standard InChI is InChI=1S/C11H16N4O3/c1-15-6-13-14-9(15)5-12-10(16)7-2-3-8(4-7)11(17)18/h6-8H,2-5H2,1H3,(H,12,16)(H,17,18). The summed E-state index contributed by atoms with van der Waals surface area (Å²) < 4.78 is 1.73. The number of amides is 1. The third-order valence-corrected chi connectivity index (χ3v) is 3.38. The van der Waals surface area contributed by atoms with Crippen molar-refractivity contribution >= 4 is 11.9 Å². The lowest BCUT2D eigenvalue weighted by molar-refractivity contribution is -0.141. The number of aryl methyl sites for hydroxylation is 1. The number of carboxylic acid groups (broad SMARTS) is 1. The van der Waals surface area contributed by atoms with Gasteiger partial charge in [0.05, 0.1) is 12.5 Å². The van der Waals surface area contributed by atoms with Crippen LogP contribution in [0.5, 0.6) is 0 Å². The minimum Gasteiger partial charge on any atom is -0.481 e. The van der Waals surface area contributed by atoms with Gasteiger partial charge in [0.15, 0.2) is 5.82 Å². The summed E-state index contributed by atoms with van der Waals surface area (Å²) >= 11 is 0. The van der Waals surface area contributed by atoms with Gasteiger partial charge in [0, 0.05) is 13.0 Å². The summed E-state index contributed by atoms with van der Waals surface area (Å²) in [5.41, 5.74) is 0. The van der Waals surface area contributed by atoms with Gasteiger partial charge in [-0.15, -0.1) is 10.2 Å². The van der Waals surface area contributed by atoms with E-state index in [0.717, 1.165) is 0 Å². The number of aromatic nitrogens is 3. The molecule has 0 aliphatic heterocycles. The first kappa shape index (κ1) is 12.5. The van der Waals surface area contributed by atoms with Gasteiger partial charge in [0.1, 0.15) is 6.33 Å². The molecule has 2 rings (SSSR count). The molecule has 1 heterocycles. The van der Waals surface area contributed by atoms with Crippen LogP contribution in [0.2, 0.25) is 0 Å². The molecule has 0 radical (unpaired) electrons. The first-order valence-corrected chi connectivity index (χ1v) is 5.91. The van der Waals surface area contributed by atoms with E-state index in [-0.39, 0.29) is 17.7 Å². The Balaban J connectivity index is 1.83. The molecule has 98 valence electrons. The summed E-state index contributed by atoms with van der Waals surface area (Å²) in [6.07, 6.45) is 3.22. The van der Waals surface area contributed by atoms with Crippen LogP contribution in [0.1, 0.15) is 25.1 Å². The van der Waals surface area contributed by atoms with Crippen molar-refractivity contribution < 1.29 is 14.7 Å². The van der Waals surface area contributed by atoms with Crippen molar-refractivity contribution in [2.75, 3.05) is 0 Å². The lowest BCUT2D eigenvalue weighted by Gasteiger charge is -2.10. The Morgan fingerprint density at radius 1 is 1.50 bits per heavy atom. The Kier molecular flexibility index (Phi) is 3.59. The predicted molar refractivity (Wildman–Crippen MR) is 61.3 cm³/mol. The minimum atomic E-state index is -0.807. The fourth-order valence-electron chi connectivity index (χ4n) is 2.22. The zero-order valence-electron chi connectivity index (χ0n) is 10.2. The third-order valence-electron chi connectivity index (χ3n) is 3.38. The number of hydrogen-bond donors (Lipinski definition) is 2. The second kappa shape index (κ2) is 5.16. The van der Waals surface area contributed by atoms with Crippen LogP contribution in [-0.2, 0) is 23.2 Å². The number of carbonyl (C=O) groups excluding carboxylic acids is 1. The molecule has 1 aromatic heterocycles. The van der Waals surface area contributed by atoms with Crippen molar-refractivity contribution in [1.82, 2.24) is 20.1 Å². The Bertz CT molecular complexity index is 457. The SMILES string of the molecule is Cn1cnnc1CNC(=O)C1CCC(C(=O)O)C1. The van der Waals surface area contributed by atoms with E-state index in [4.69, 9.17) is 5.11 Å². The van der Waals surface area contributed by atoms with Gasteiger partial charge in [-0.05, 0) is 19.3 Å². The quantitative estimate of drug-likeness (QED) is 0.782. The van der Waals surface area contributed by atoms with E-state index in [0.29, 0.717) is 31.6 Å². The molecule has 18 heavy (non-hydrogen) atoms. The highest BCUT2D eigenvalue weighted by molar-refractivity contribution is 5.80. The number of aliphatic carboxylic acids is 1. The van der Waals surface area contributed by atoms with Crippen molar-refractivity contribution in [3.63, 3.8) is 0 Å². The van der Waals surface area contributed by atoms with Crippen molar-refractivity contribution in [1.29, 1.82) is 0 Å². The average Bonchev–Trinajstić information content (AvgIpc) is 2.94. The Hall–Kier alpha value is -1.92. The summed E-state index contributed by atoms with van der Waals surface area (Å²) in [6, 6.07) is 0. The minimum absolute atomic E-state index is 0.0956. The zero-order chi connectivity index (χ0) is 13.1. The molecule has 0 saturated heterocycles. The number of hydrogen-bond acceptors (Lipinski definition) is 4. The molecule has 0 bridgehead atoms.